The van der Waals surface area contributed by atoms with Gasteiger partial charge in [0.1, 0.15) is 5.76 Å². The van der Waals surface area contributed by atoms with Crippen LogP contribution in [0.25, 0.3) is 0 Å². The molecule has 0 spiro atoms. The van der Waals surface area contributed by atoms with Crippen LogP contribution in [0.15, 0.2) is 16.7 Å². The Bertz CT molecular complexity index is 376. The van der Waals surface area contributed by atoms with E-state index in [-0.39, 0.29) is 5.60 Å². The summed E-state index contributed by atoms with van der Waals surface area (Å²) in [6.07, 6.45) is 9.04. The second-order valence-electron chi connectivity index (χ2n) is 5.37. The van der Waals surface area contributed by atoms with Crippen LogP contribution in [0.4, 0.5) is 0 Å². The van der Waals surface area contributed by atoms with E-state index in [0.717, 1.165) is 13.0 Å². The van der Waals surface area contributed by atoms with E-state index >= 15 is 0 Å². The normalized spacial score (nSPS) is 26.3. The molecule has 94 valence electrons. The first-order valence-electron chi connectivity index (χ1n) is 6.68. The number of methoxy groups -OCH3 is 1. The summed E-state index contributed by atoms with van der Waals surface area (Å²) in [5, 5.41) is 3.67. The van der Waals surface area contributed by atoms with Gasteiger partial charge in [-0.15, -0.1) is 0 Å². The number of aryl methyl sites for hydroxylation is 1. The Hall–Kier alpha value is -0.800. The van der Waals surface area contributed by atoms with Crippen LogP contribution in [0.3, 0.4) is 0 Å². The zero-order chi connectivity index (χ0) is 11.7. The Kier molecular flexibility index (Phi) is 2.97. The van der Waals surface area contributed by atoms with E-state index in [1.807, 2.05) is 13.4 Å². The highest BCUT2D eigenvalue weighted by molar-refractivity contribution is 5.24. The van der Waals surface area contributed by atoms with Gasteiger partial charge in [-0.05, 0) is 38.2 Å². The van der Waals surface area contributed by atoms with Crippen LogP contribution >= 0.6 is 0 Å². The summed E-state index contributed by atoms with van der Waals surface area (Å²) in [5.41, 5.74) is 1.48. The maximum Gasteiger partial charge on any atom is 0.108 e. The SMILES string of the molecule is COC1(CNC2CCCc3occc32)CCC1. The third kappa shape index (κ3) is 2.02. The lowest BCUT2D eigenvalue weighted by Gasteiger charge is -2.42. The minimum absolute atomic E-state index is 0.112. The summed E-state index contributed by atoms with van der Waals surface area (Å²) in [5.74, 6) is 1.17. The van der Waals surface area contributed by atoms with Crippen LogP contribution in [-0.4, -0.2) is 19.3 Å². The van der Waals surface area contributed by atoms with Gasteiger partial charge in [-0.2, -0.15) is 0 Å². The van der Waals surface area contributed by atoms with Crippen LogP contribution in [0, 0.1) is 0 Å². The highest BCUT2D eigenvalue weighted by Crippen LogP contribution is 2.36. The van der Waals surface area contributed by atoms with Gasteiger partial charge in [0, 0.05) is 31.7 Å². The van der Waals surface area contributed by atoms with Crippen molar-refractivity contribution < 1.29 is 9.15 Å². The third-order valence-electron chi connectivity index (χ3n) is 4.42. The third-order valence-corrected chi connectivity index (χ3v) is 4.42. The molecule has 0 amide bonds. The van der Waals surface area contributed by atoms with E-state index in [1.54, 1.807) is 0 Å². The van der Waals surface area contributed by atoms with E-state index in [1.165, 1.54) is 43.4 Å². The molecule has 1 heterocycles. The first kappa shape index (κ1) is 11.3. The first-order chi connectivity index (χ1) is 8.33. The standard InChI is InChI=1S/C14H21NO2/c1-16-14(7-3-8-14)10-15-12-4-2-5-13-11(12)6-9-17-13/h6,9,12,15H,2-5,7-8,10H2,1H3. The summed E-state index contributed by atoms with van der Waals surface area (Å²) in [4.78, 5) is 0. The van der Waals surface area contributed by atoms with Crippen LogP contribution in [-0.2, 0) is 11.2 Å². The summed E-state index contributed by atoms with van der Waals surface area (Å²) in [7, 11) is 1.84. The second-order valence-corrected chi connectivity index (χ2v) is 5.37. The topological polar surface area (TPSA) is 34.4 Å². The Balaban J connectivity index is 1.63. The first-order valence-corrected chi connectivity index (χ1v) is 6.68. The number of rotatable bonds is 4. The average Bonchev–Trinajstić information content (AvgIpc) is 2.77. The van der Waals surface area contributed by atoms with Gasteiger partial charge in [0.25, 0.3) is 0 Å². The molecule has 3 heteroatoms. The van der Waals surface area contributed by atoms with Crippen molar-refractivity contribution in [1.29, 1.82) is 0 Å². The van der Waals surface area contributed by atoms with Crippen LogP contribution < -0.4 is 5.32 Å². The number of hydrogen-bond acceptors (Lipinski definition) is 3. The summed E-state index contributed by atoms with van der Waals surface area (Å²) in [6.45, 7) is 0.971. The molecule has 3 nitrogen and oxygen atoms in total. The van der Waals surface area contributed by atoms with Crippen molar-refractivity contribution in [3.05, 3.63) is 23.7 Å². The highest BCUT2D eigenvalue weighted by atomic mass is 16.5. The lowest BCUT2D eigenvalue weighted by atomic mass is 9.79. The van der Waals surface area contributed by atoms with Gasteiger partial charge < -0.3 is 14.5 Å². The van der Waals surface area contributed by atoms with Gasteiger partial charge in [0.2, 0.25) is 0 Å². The number of furan rings is 1. The minimum atomic E-state index is 0.112. The average molecular weight is 235 g/mol. The predicted molar refractivity (Wildman–Crippen MR) is 66.0 cm³/mol. The molecule has 1 N–H and O–H groups in total. The maximum absolute atomic E-state index is 5.65. The van der Waals surface area contributed by atoms with Crippen molar-refractivity contribution in [2.24, 2.45) is 0 Å². The molecule has 2 aliphatic carbocycles. The molecule has 0 saturated heterocycles. The molecule has 0 aliphatic heterocycles. The second kappa shape index (κ2) is 4.46. The zero-order valence-electron chi connectivity index (χ0n) is 10.5. The van der Waals surface area contributed by atoms with Gasteiger partial charge >= 0.3 is 0 Å². The molecule has 2 aliphatic rings. The monoisotopic (exact) mass is 235 g/mol. The fourth-order valence-electron chi connectivity index (χ4n) is 3.03. The molecule has 3 rings (SSSR count). The largest absolute Gasteiger partial charge is 0.469 e. The minimum Gasteiger partial charge on any atom is -0.469 e. The van der Waals surface area contributed by atoms with Crippen LogP contribution in [0.5, 0.6) is 0 Å². The Morgan fingerprint density at radius 1 is 1.47 bits per heavy atom. The van der Waals surface area contributed by atoms with E-state index in [9.17, 15) is 0 Å². The molecule has 0 bridgehead atoms. The van der Waals surface area contributed by atoms with Crippen molar-refractivity contribution >= 4 is 0 Å². The van der Waals surface area contributed by atoms with Crippen molar-refractivity contribution in [3.63, 3.8) is 0 Å². The molecular formula is C14H21NO2. The number of hydrogen-bond donors (Lipinski definition) is 1. The molecule has 1 aromatic rings. The van der Waals surface area contributed by atoms with Crippen molar-refractivity contribution in [1.82, 2.24) is 5.32 Å². The van der Waals surface area contributed by atoms with Crippen LogP contribution in [0.1, 0.15) is 49.5 Å². The van der Waals surface area contributed by atoms with Crippen molar-refractivity contribution in [2.75, 3.05) is 13.7 Å². The van der Waals surface area contributed by atoms with E-state index in [2.05, 4.69) is 11.4 Å². The van der Waals surface area contributed by atoms with Gasteiger partial charge in [-0.3, -0.25) is 0 Å². The smallest absolute Gasteiger partial charge is 0.108 e. The number of nitrogens with one attached hydrogen (secondary N) is 1. The molecule has 17 heavy (non-hydrogen) atoms. The molecular weight excluding hydrogens is 214 g/mol. The number of fused-ring (bicyclic) bond motifs is 1. The molecule has 1 atom stereocenters. The maximum atomic E-state index is 5.65. The molecule has 0 aromatic carbocycles. The van der Waals surface area contributed by atoms with Crippen LogP contribution in [0.2, 0.25) is 0 Å². The van der Waals surface area contributed by atoms with Crippen molar-refractivity contribution in [3.8, 4) is 0 Å². The van der Waals surface area contributed by atoms with Gasteiger partial charge in [-0.1, -0.05) is 0 Å². The highest BCUT2D eigenvalue weighted by Gasteiger charge is 2.37. The lowest BCUT2D eigenvalue weighted by molar-refractivity contribution is -0.0711. The van der Waals surface area contributed by atoms with E-state index in [4.69, 9.17) is 9.15 Å². The predicted octanol–water partition coefficient (Wildman–Crippen LogP) is 2.82. The zero-order valence-corrected chi connectivity index (χ0v) is 10.5. The molecule has 0 radical (unpaired) electrons. The summed E-state index contributed by atoms with van der Waals surface area (Å²) >= 11 is 0. The summed E-state index contributed by atoms with van der Waals surface area (Å²) in [6, 6.07) is 2.58. The van der Waals surface area contributed by atoms with Gasteiger partial charge in [0.15, 0.2) is 0 Å². The number of ether oxygens (including phenoxy) is 1. The van der Waals surface area contributed by atoms with Gasteiger partial charge in [0.05, 0.1) is 11.9 Å². The molecule has 1 aromatic heterocycles. The fourth-order valence-corrected chi connectivity index (χ4v) is 3.03. The Morgan fingerprint density at radius 2 is 2.35 bits per heavy atom. The molecule has 1 fully saturated rings. The fraction of sp³-hybridized carbons (Fsp3) is 0.714. The van der Waals surface area contributed by atoms with Gasteiger partial charge in [-0.25, -0.2) is 0 Å². The molecule has 1 unspecified atom stereocenters. The van der Waals surface area contributed by atoms with E-state index in [0.29, 0.717) is 6.04 Å². The summed E-state index contributed by atoms with van der Waals surface area (Å²) < 4.78 is 11.2. The Morgan fingerprint density at radius 3 is 3.06 bits per heavy atom. The van der Waals surface area contributed by atoms with Crippen molar-refractivity contribution in [2.45, 2.75) is 50.2 Å². The quantitative estimate of drug-likeness (QED) is 0.871. The lowest BCUT2D eigenvalue weighted by Crippen LogP contribution is -2.48. The Labute approximate surface area is 103 Å². The molecule has 1 saturated carbocycles. The van der Waals surface area contributed by atoms with E-state index < -0.39 is 0 Å².